The number of aromatic nitrogens is 1. The fourth-order valence-corrected chi connectivity index (χ4v) is 5.09. The van der Waals surface area contributed by atoms with E-state index in [0.29, 0.717) is 10.6 Å². The maximum Gasteiger partial charge on any atom is 0.257 e. The van der Waals surface area contributed by atoms with Gasteiger partial charge in [0, 0.05) is 24.1 Å². The van der Waals surface area contributed by atoms with Crippen molar-refractivity contribution in [2.75, 3.05) is 5.32 Å². The van der Waals surface area contributed by atoms with Crippen LogP contribution in [0.1, 0.15) is 39.8 Å². The van der Waals surface area contributed by atoms with Gasteiger partial charge >= 0.3 is 0 Å². The second-order valence-electron chi connectivity index (χ2n) is 7.00. The molecule has 0 unspecified atom stereocenters. The molecule has 1 amide bonds. The molecule has 0 atom stereocenters. The first-order chi connectivity index (χ1) is 14.3. The van der Waals surface area contributed by atoms with Crippen LogP contribution in [0.5, 0.6) is 0 Å². The van der Waals surface area contributed by atoms with Crippen molar-refractivity contribution in [3.05, 3.63) is 65.0 Å². The average molecular weight is 442 g/mol. The number of amides is 1. The predicted octanol–water partition coefficient (Wildman–Crippen LogP) is 3.71. The molecule has 1 aromatic heterocycles. The van der Waals surface area contributed by atoms with Crippen LogP contribution in [0.25, 0.3) is 11.3 Å². The number of hydrogen-bond donors (Lipinski definition) is 2. The molecule has 2 aromatic carbocycles. The molecule has 30 heavy (non-hydrogen) atoms. The van der Waals surface area contributed by atoms with E-state index in [1.165, 1.54) is 31.2 Å². The third-order valence-electron chi connectivity index (χ3n) is 4.52. The van der Waals surface area contributed by atoms with E-state index in [4.69, 9.17) is 0 Å². The normalized spacial score (nSPS) is 13.8. The van der Waals surface area contributed by atoms with Crippen molar-refractivity contribution >= 4 is 38.2 Å². The number of thiazole rings is 1. The second kappa shape index (κ2) is 8.10. The molecule has 1 fully saturated rings. The maximum absolute atomic E-state index is 12.7. The first-order valence-corrected chi connectivity index (χ1v) is 11.6. The molecule has 1 aliphatic rings. The van der Waals surface area contributed by atoms with Crippen molar-refractivity contribution in [1.29, 1.82) is 0 Å². The van der Waals surface area contributed by atoms with Gasteiger partial charge in [0.05, 0.1) is 15.5 Å². The number of Topliss-reactive ketones (excluding diaryl/α,β-unsaturated/α-hetero) is 1. The van der Waals surface area contributed by atoms with Crippen LogP contribution in [-0.2, 0) is 10.0 Å². The Labute approximate surface area is 178 Å². The van der Waals surface area contributed by atoms with Crippen LogP contribution in [0, 0.1) is 0 Å². The molecule has 9 heteroatoms. The minimum Gasteiger partial charge on any atom is -0.298 e. The smallest absolute Gasteiger partial charge is 0.257 e. The molecular weight excluding hydrogens is 422 g/mol. The van der Waals surface area contributed by atoms with Crippen molar-refractivity contribution in [3.63, 3.8) is 0 Å². The van der Waals surface area contributed by atoms with E-state index < -0.39 is 15.9 Å². The zero-order chi connectivity index (χ0) is 21.3. The van der Waals surface area contributed by atoms with Gasteiger partial charge in [-0.2, -0.15) is 0 Å². The quantitative estimate of drug-likeness (QED) is 0.544. The van der Waals surface area contributed by atoms with E-state index in [9.17, 15) is 18.0 Å². The molecule has 1 aliphatic carbocycles. The molecule has 1 heterocycles. The highest BCUT2D eigenvalue weighted by atomic mass is 32.2. The molecule has 0 aliphatic heterocycles. The Bertz CT molecular complexity index is 1220. The SMILES string of the molecule is CC(=O)c1sc(NC(=O)c2cccc(S(=O)(=O)NC3CC3)c2)nc1-c1ccccc1. The Kier molecular flexibility index (Phi) is 5.50. The monoisotopic (exact) mass is 441 g/mol. The maximum atomic E-state index is 12.7. The van der Waals surface area contributed by atoms with Gasteiger partial charge in [0.15, 0.2) is 10.9 Å². The lowest BCUT2D eigenvalue weighted by atomic mass is 10.1. The molecule has 154 valence electrons. The van der Waals surface area contributed by atoms with Gasteiger partial charge in [-0.05, 0) is 31.0 Å². The van der Waals surface area contributed by atoms with Crippen molar-refractivity contribution in [2.45, 2.75) is 30.7 Å². The molecule has 4 rings (SSSR count). The minimum absolute atomic E-state index is 0.0239. The van der Waals surface area contributed by atoms with Gasteiger partial charge in [-0.25, -0.2) is 18.1 Å². The van der Waals surface area contributed by atoms with E-state index in [0.717, 1.165) is 29.7 Å². The van der Waals surface area contributed by atoms with Gasteiger partial charge in [-0.1, -0.05) is 47.7 Å². The largest absolute Gasteiger partial charge is 0.298 e. The number of nitrogens with one attached hydrogen (secondary N) is 2. The number of carbonyl (C=O) groups is 2. The standard InChI is InChI=1S/C21H19N3O4S2/c1-13(25)19-18(14-6-3-2-4-7-14)22-21(29-19)23-20(26)15-8-5-9-17(12-15)30(27,28)24-16-10-11-16/h2-9,12,16,24H,10-11H2,1H3,(H,22,23,26). The van der Waals surface area contributed by atoms with E-state index in [1.54, 1.807) is 0 Å². The molecule has 7 nitrogen and oxygen atoms in total. The van der Waals surface area contributed by atoms with E-state index in [-0.39, 0.29) is 27.4 Å². The Hall–Kier alpha value is -2.88. The highest BCUT2D eigenvalue weighted by Gasteiger charge is 2.28. The van der Waals surface area contributed by atoms with Crippen molar-refractivity contribution in [2.24, 2.45) is 0 Å². The van der Waals surface area contributed by atoms with Gasteiger partial charge < -0.3 is 0 Å². The third-order valence-corrected chi connectivity index (χ3v) is 7.11. The Balaban J connectivity index is 1.59. The molecule has 0 saturated heterocycles. The number of ketones is 1. The summed E-state index contributed by atoms with van der Waals surface area (Å²) < 4.78 is 27.4. The lowest BCUT2D eigenvalue weighted by Gasteiger charge is -2.07. The van der Waals surface area contributed by atoms with Gasteiger partial charge in [0.2, 0.25) is 10.0 Å². The van der Waals surface area contributed by atoms with E-state index in [1.807, 2.05) is 30.3 Å². The van der Waals surface area contributed by atoms with Gasteiger partial charge in [0.1, 0.15) is 0 Å². The summed E-state index contributed by atoms with van der Waals surface area (Å²) in [5.41, 5.74) is 1.47. The first kappa shape index (κ1) is 20.4. The van der Waals surface area contributed by atoms with Crippen LogP contribution in [0.4, 0.5) is 5.13 Å². The van der Waals surface area contributed by atoms with Crippen molar-refractivity contribution in [1.82, 2.24) is 9.71 Å². The number of carbonyl (C=O) groups excluding carboxylic acids is 2. The average Bonchev–Trinajstić information content (AvgIpc) is 3.43. The number of benzene rings is 2. The molecular formula is C21H19N3O4S2. The van der Waals surface area contributed by atoms with Gasteiger partial charge in [-0.15, -0.1) is 0 Å². The summed E-state index contributed by atoms with van der Waals surface area (Å²) in [6, 6.07) is 15.1. The van der Waals surface area contributed by atoms with Gasteiger partial charge in [-0.3, -0.25) is 14.9 Å². The van der Waals surface area contributed by atoms with Crippen molar-refractivity contribution in [3.8, 4) is 11.3 Å². The van der Waals surface area contributed by atoms with Crippen LogP contribution in [0.15, 0.2) is 59.5 Å². The van der Waals surface area contributed by atoms with Gasteiger partial charge in [0.25, 0.3) is 5.91 Å². The Morgan fingerprint density at radius 1 is 1.07 bits per heavy atom. The topological polar surface area (TPSA) is 105 Å². The van der Waals surface area contributed by atoms with E-state index in [2.05, 4.69) is 15.0 Å². The Morgan fingerprint density at radius 3 is 2.47 bits per heavy atom. The summed E-state index contributed by atoms with van der Waals surface area (Å²) in [5, 5.41) is 2.95. The lowest BCUT2D eigenvalue weighted by molar-refractivity contribution is 0.101. The molecule has 0 spiro atoms. The summed E-state index contributed by atoms with van der Waals surface area (Å²) in [5.74, 6) is -0.645. The highest BCUT2D eigenvalue weighted by Crippen LogP contribution is 2.32. The number of rotatable bonds is 7. The Morgan fingerprint density at radius 2 is 1.80 bits per heavy atom. The van der Waals surface area contributed by atoms with Crippen LogP contribution in [-0.4, -0.2) is 31.1 Å². The molecule has 0 bridgehead atoms. The zero-order valence-electron chi connectivity index (χ0n) is 16.1. The number of anilines is 1. The molecule has 0 radical (unpaired) electrons. The molecule has 3 aromatic rings. The second-order valence-corrected chi connectivity index (χ2v) is 9.71. The fourth-order valence-electron chi connectivity index (χ4n) is 2.87. The van der Waals surface area contributed by atoms with Crippen LogP contribution in [0.3, 0.4) is 0 Å². The van der Waals surface area contributed by atoms with Crippen LogP contribution >= 0.6 is 11.3 Å². The predicted molar refractivity (Wildman–Crippen MR) is 115 cm³/mol. The number of nitrogens with zero attached hydrogens (tertiary/aromatic N) is 1. The summed E-state index contributed by atoms with van der Waals surface area (Å²) in [6.45, 7) is 1.45. The van der Waals surface area contributed by atoms with Crippen LogP contribution < -0.4 is 10.0 Å². The summed E-state index contributed by atoms with van der Waals surface area (Å²) in [7, 11) is -3.66. The fraction of sp³-hybridized carbons (Fsp3) is 0.190. The highest BCUT2D eigenvalue weighted by molar-refractivity contribution is 7.89. The zero-order valence-corrected chi connectivity index (χ0v) is 17.7. The summed E-state index contributed by atoms with van der Waals surface area (Å²) in [6.07, 6.45) is 1.65. The van der Waals surface area contributed by atoms with Crippen molar-refractivity contribution < 1.29 is 18.0 Å². The first-order valence-electron chi connectivity index (χ1n) is 9.34. The number of sulfonamides is 1. The third kappa shape index (κ3) is 4.48. The van der Waals surface area contributed by atoms with E-state index >= 15 is 0 Å². The lowest BCUT2D eigenvalue weighted by Crippen LogP contribution is -2.26. The molecule has 2 N–H and O–H groups in total. The summed E-state index contributed by atoms with van der Waals surface area (Å²) in [4.78, 5) is 29.7. The molecule has 1 saturated carbocycles. The minimum atomic E-state index is -3.66. The van der Waals surface area contributed by atoms with Crippen LogP contribution in [0.2, 0.25) is 0 Å². The summed E-state index contributed by atoms with van der Waals surface area (Å²) >= 11 is 1.09. The number of hydrogen-bond acceptors (Lipinski definition) is 6.